The van der Waals surface area contributed by atoms with Gasteiger partial charge in [0.25, 0.3) is 0 Å². The molecule has 1 amide bonds. The second-order valence-electron chi connectivity index (χ2n) is 5.75. The molecule has 2 rings (SSSR count). The Morgan fingerprint density at radius 1 is 1.12 bits per heavy atom. The lowest BCUT2D eigenvalue weighted by Crippen LogP contribution is -2.24. The first-order chi connectivity index (χ1) is 12.6. The summed E-state index contributed by atoms with van der Waals surface area (Å²) in [4.78, 5) is 23.3. The number of nitrogens with one attached hydrogen (secondary N) is 1. The Bertz CT molecular complexity index is 769. The van der Waals surface area contributed by atoms with Gasteiger partial charge in [0, 0.05) is 6.54 Å². The summed E-state index contributed by atoms with van der Waals surface area (Å²) in [5.74, 6) is -0.347. The van der Waals surface area contributed by atoms with Crippen LogP contribution in [0.5, 0.6) is 0 Å². The molecule has 2 aromatic carbocycles. The van der Waals surface area contributed by atoms with Gasteiger partial charge in [-0.25, -0.2) is 9.59 Å². The maximum atomic E-state index is 11.7. The summed E-state index contributed by atoms with van der Waals surface area (Å²) in [7, 11) is 1.37. The van der Waals surface area contributed by atoms with Gasteiger partial charge < -0.3 is 14.8 Å². The van der Waals surface area contributed by atoms with Crippen LogP contribution in [0.1, 0.15) is 33.5 Å². The van der Waals surface area contributed by atoms with Crippen LogP contribution in [0.15, 0.2) is 54.6 Å². The van der Waals surface area contributed by atoms with E-state index >= 15 is 0 Å². The SMILES string of the molecule is COC(=O)c1cc(C=CCCNC(=O)OCc2ccccc2)ccc1C. The lowest BCUT2D eigenvalue weighted by molar-refractivity contribution is 0.0600. The molecule has 0 radical (unpaired) electrons. The number of amides is 1. The molecule has 0 saturated heterocycles. The van der Waals surface area contributed by atoms with Crippen molar-refractivity contribution < 1.29 is 19.1 Å². The van der Waals surface area contributed by atoms with Gasteiger partial charge in [-0.1, -0.05) is 54.6 Å². The van der Waals surface area contributed by atoms with E-state index in [0.717, 1.165) is 16.7 Å². The molecule has 5 heteroatoms. The van der Waals surface area contributed by atoms with Crippen molar-refractivity contribution >= 4 is 18.1 Å². The van der Waals surface area contributed by atoms with Crippen LogP contribution in [0, 0.1) is 6.92 Å². The first-order valence-electron chi connectivity index (χ1n) is 8.40. The zero-order chi connectivity index (χ0) is 18.8. The summed E-state index contributed by atoms with van der Waals surface area (Å²) < 4.78 is 9.91. The van der Waals surface area contributed by atoms with Crippen LogP contribution < -0.4 is 5.32 Å². The standard InChI is InChI=1S/C21H23NO4/c1-16-11-12-17(14-19(16)20(23)25-2)8-6-7-13-22-21(24)26-15-18-9-4-3-5-10-18/h3-6,8-12,14H,7,13,15H2,1-2H3,(H,22,24). The van der Waals surface area contributed by atoms with Gasteiger partial charge in [-0.05, 0) is 36.1 Å². The molecular weight excluding hydrogens is 330 g/mol. The first-order valence-corrected chi connectivity index (χ1v) is 8.40. The molecule has 0 bridgehead atoms. The van der Waals surface area contributed by atoms with E-state index in [-0.39, 0.29) is 12.6 Å². The molecule has 0 heterocycles. The Morgan fingerprint density at radius 2 is 1.88 bits per heavy atom. The van der Waals surface area contributed by atoms with Gasteiger partial charge in [0.1, 0.15) is 6.61 Å². The summed E-state index contributed by atoms with van der Waals surface area (Å²) in [6.07, 6.45) is 4.05. The molecule has 0 atom stereocenters. The summed E-state index contributed by atoms with van der Waals surface area (Å²) >= 11 is 0. The average Bonchev–Trinajstić information content (AvgIpc) is 2.67. The van der Waals surface area contributed by atoms with Gasteiger partial charge >= 0.3 is 12.1 Å². The van der Waals surface area contributed by atoms with Gasteiger partial charge in [-0.2, -0.15) is 0 Å². The minimum atomic E-state index is -0.439. The van der Waals surface area contributed by atoms with E-state index in [1.165, 1.54) is 7.11 Å². The van der Waals surface area contributed by atoms with Crippen LogP contribution >= 0.6 is 0 Å². The molecular formula is C21H23NO4. The largest absolute Gasteiger partial charge is 0.465 e. The highest BCUT2D eigenvalue weighted by Crippen LogP contribution is 2.13. The molecule has 0 aliphatic rings. The van der Waals surface area contributed by atoms with E-state index in [1.807, 2.05) is 61.5 Å². The number of carbonyl (C=O) groups is 2. The smallest absolute Gasteiger partial charge is 0.407 e. The highest BCUT2D eigenvalue weighted by Gasteiger charge is 2.08. The fraction of sp³-hybridized carbons (Fsp3) is 0.238. The van der Waals surface area contributed by atoms with Gasteiger partial charge in [-0.15, -0.1) is 0 Å². The summed E-state index contributed by atoms with van der Waals surface area (Å²) in [5, 5.41) is 2.70. The van der Waals surface area contributed by atoms with Crippen molar-refractivity contribution in [1.29, 1.82) is 0 Å². The summed E-state index contributed by atoms with van der Waals surface area (Å²) in [6.45, 7) is 2.59. The number of alkyl carbamates (subject to hydrolysis) is 1. The van der Waals surface area contributed by atoms with Crippen molar-refractivity contribution in [3.63, 3.8) is 0 Å². The monoisotopic (exact) mass is 353 g/mol. The molecule has 0 saturated carbocycles. The summed E-state index contributed by atoms with van der Waals surface area (Å²) in [5.41, 5.74) is 3.28. The quantitative estimate of drug-likeness (QED) is 0.601. The number of rotatable bonds is 7. The maximum Gasteiger partial charge on any atom is 0.407 e. The lowest BCUT2D eigenvalue weighted by atomic mass is 10.0. The fourth-order valence-corrected chi connectivity index (χ4v) is 2.32. The fourth-order valence-electron chi connectivity index (χ4n) is 2.32. The average molecular weight is 353 g/mol. The number of aryl methyl sites for hydroxylation is 1. The normalized spacial score (nSPS) is 10.5. The number of hydrogen-bond donors (Lipinski definition) is 1. The zero-order valence-electron chi connectivity index (χ0n) is 15.0. The van der Waals surface area contributed by atoms with E-state index < -0.39 is 6.09 Å². The summed E-state index contributed by atoms with van der Waals surface area (Å²) in [6, 6.07) is 15.1. The minimum Gasteiger partial charge on any atom is -0.465 e. The first kappa shape index (κ1) is 19.2. The number of hydrogen-bond acceptors (Lipinski definition) is 4. The topological polar surface area (TPSA) is 64.6 Å². The van der Waals surface area contributed by atoms with Crippen molar-refractivity contribution in [3.05, 3.63) is 76.9 Å². The number of esters is 1. The number of ether oxygens (including phenoxy) is 2. The lowest BCUT2D eigenvalue weighted by Gasteiger charge is -2.06. The molecule has 0 aliphatic carbocycles. The molecule has 0 aromatic heterocycles. The van der Waals surface area contributed by atoms with Crippen LogP contribution in [0.3, 0.4) is 0 Å². The Morgan fingerprint density at radius 3 is 2.62 bits per heavy atom. The zero-order valence-corrected chi connectivity index (χ0v) is 15.0. The Kier molecular flexibility index (Phi) is 7.43. The molecule has 5 nitrogen and oxygen atoms in total. The highest BCUT2D eigenvalue weighted by atomic mass is 16.5. The van der Waals surface area contributed by atoms with Gasteiger partial charge in [-0.3, -0.25) is 0 Å². The van der Waals surface area contributed by atoms with E-state index in [9.17, 15) is 9.59 Å². The molecule has 26 heavy (non-hydrogen) atoms. The molecule has 1 N–H and O–H groups in total. The third kappa shape index (κ3) is 6.09. The van der Waals surface area contributed by atoms with Crippen molar-refractivity contribution in [2.45, 2.75) is 20.0 Å². The van der Waals surface area contributed by atoms with E-state index in [4.69, 9.17) is 9.47 Å². The van der Waals surface area contributed by atoms with Crippen molar-refractivity contribution in [2.75, 3.05) is 13.7 Å². The minimum absolute atomic E-state index is 0.252. The number of methoxy groups -OCH3 is 1. The third-order valence-corrected chi connectivity index (χ3v) is 3.77. The molecule has 0 aliphatic heterocycles. The van der Waals surface area contributed by atoms with Gasteiger partial charge in [0.15, 0.2) is 0 Å². The molecule has 2 aromatic rings. The second kappa shape index (κ2) is 10.0. The van der Waals surface area contributed by atoms with E-state index in [1.54, 1.807) is 6.07 Å². The van der Waals surface area contributed by atoms with Crippen LogP contribution in [0.25, 0.3) is 6.08 Å². The van der Waals surface area contributed by atoms with Crippen LogP contribution in [0.4, 0.5) is 4.79 Å². The molecule has 136 valence electrons. The molecule has 0 unspecified atom stereocenters. The van der Waals surface area contributed by atoms with Crippen LogP contribution in [0.2, 0.25) is 0 Å². The maximum absolute atomic E-state index is 11.7. The Labute approximate surface area is 153 Å². The predicted molar refractivity (Wildman–Crippen MR) is 101 cm³/mol. The predicted octanol–water partition coefficient (Wildman–Crippen LogP) is 4.11. The third-order valence-electron chi connectivity index (χ3n) is 3.77. The highest BCUT2D eigenvalue weighted by molar-refractivity contribution is 5.91. The number of carbonyl (C=O) groups excluding carboxylic acids is 2. The molecule has 0 spiro atoms. The van der Waals surface area contributed by atoms with Crippen LogP contribution in [-0.4, -0.2) is 25.7 Å². The van der Waals surface area contributed by atoms with Gasteiger partial charge in [0.2, 0.25) is 0 Å². The Balaban J connectivity index is 1.74. The Hall–Kier alpha value is -3.08. The van der Waals surface area contributed by atoms with Crippen molar-refractivity contribution in [3.8, 4) is 0 Å². The van der Waals surface area contributed by atoms with Crippen molar-refractivity contribution in [1.82, 2.24) is 5.32 Å². The van der Waals surface area contributed by atoms with E-state index in [0.29, 0.717) is 18.5 Å². The van der Waals surface area contributed by atoms with Crippen LogP contribution in [-0.2, 0) is 16.1 Å². The van der Waals surface area contributed by atoms with E-state index in [2.05, 4.69) is 5.32 Å². The second-order valence-corrected chi connectivity index (χ2v) is 5.75. The molecule has 0 fully saturated rings. The number of benzene rings is 2. The van der Waals surface area contributed by atoms with Crippen molar-refractivity contribution in [2.24, 2.45) is 0 Å². The van der Waals surface area contributed by atoms with Gasteiger partial charge in [0.05, 0.1) is 12.7 Å².